The number of fused-ring (bicyclic) bond motifs is 1. The summed E-state index contributed by atoms with van der Waals surface area (Å²) in [5.41, 5.74) is -1.18. The van der Waals surface area contributed by atoms with Crippen molar-refractivity contribution < 1.29 is 15.0 Å². The number of H-pyrrole nitrogens is 1. The van der Waals surface area contributed by atoms with Gasteiger partial charge in [-0.15, -0.1) is 0 Å². The minimum absolute atomic E-state index is 0.0781. The zero-order valence-electron chi connectivity index (χ0n) is 11.3. The Kier molecular flexibility index (Phi) is 3.13. The molecule has 0 aliphatic heterocycles. The highest BCUT2D eigenvalue weighted by atomic mass is 16.3. The summed E-state index contributed by atoms with van der Waals surface area (Å²) in [4.78, 5) is 24.2. The van der Waals surface area contributed by atoms with E-state index < -0.39 is 22.6 Å². The van der Waals surface area contributed by atoms with Crippen LogP contribution in [-0.4, -0.2) is 31.9 Å². The average Bonchev–Trinajstić information content (AvgIpc) is 2.30. The summed E-state index contributed by atoms with van der Waals surface area (Å²) in [6.07, 6.45) is 0. The fraction of sp³-hybridized carbons (Fsp3) is 0.308. The maximum Gasteiger partial charge on any atom is 0.276 e. The van der Waals surface area contributed by atoms with Crippen molar-refractivity contribution in [2.24, 2.45) is 0 Å². The van der Waals surface area contributed by atoms with Crippen LogP contribution in [0.3, 0.4) is 0 Å². The molecule has 0 fully saturated rings. The van der Waals surface area contributed by atoms with Crippen molar-refractivity contribution in [1.82, 2.24) is 15.5 Å². The topological polar surface area (TPSA) is 115 Å². The van der Waals surface area contributed by atoms with E-state index in [4.69, 9.17) is 0 Å². The summed E-state index contributed by atoms with van der Waals surface area (Å²) in [6, 6.07) is 2.27. The molecule has 1 heterocycles. The lowest BCUT2D eigenvalue weighted by Gasteiger charge is -2.19. The molecule has 2 aromatic rings. The first-order valence-corrected chi connectivity index (χ1v) is 5.96. The van der Waals surface area contributed by atoms with E-state index in [-0.39, 0.29) is 22.3 Å². The molecule has 0 unspecified atom stereocenters. The van der Waals surface area contributed by atoms with Crippen molar-refractivity contribution >= 4 is 16.8 Å². The number of nitrogens with one attached hydrogen (secondary N) is 2. The Morgan fingerprint density at radius 3 is 2.45 bits per heavy atom. The monoisotopic (exact) mass is 277 g/mol. The molecule has 1 aromatic heterocycles. The third-order valence-electron chi connectivity index (χ3n) is 2.57. The molecule has 20 heavy (non-hydrogen) atoms. The van der Waals surface area contributed by atoms with E-state index in [1.54, 1.807) is 20.8 Å². The number of phenols is 2. The lowest BCUT2D eigenvalue weighted by Crippen LogP contribution is -2.43. The normalized spacial score (nSPS) is 11.6. The molecule has 0 aliphatic carbocycles. The molecule has 7 heteroatoms. The lowest BCUT2D eigenvalue weighted by atomic mass is 10.1. The molecule has 106 valence electrons. The lowest BCUT2D eigenvalue weighted by molar-refractivity contribution is 0.0912. The van der Waals surface area contributed by atoms with E-state index in [2.05, 4.69) is 15.5 Å². The molecule has 0 bridgehead atoms. The van der Waals surface area contributed by atoms with Crippen molar-refractivity contribution in [2.45, 2.75) is 26.3 Å². The van der Waals surface area contributed by atoms with Crippen LogP contribution in [0.4, 0.5) is 0 Å². The van der Waals surface area contributed by atoms with Gasteiger partial charge in [-0.2, -0.15) is 5.10 Å². The molecule has 0 spiro atoms. The average molecular weight is 277 g/mol. The van der Waals surface area contributed by atoms with Crippen molar-refractivity contribution in [1.29, 1.82) is 0 Å². The highest BCUT2D eigenvalue weighted by Gasteiger charge is 2.20. The van der Waals surface area contributed by atoms with Gasteiger partial charge in [0.05, 0.1) is 10.9 Å². The number of rotatable bonds is 1. The number of amides is 1. The molecule has 0 saturated carbocycles. The SMILES string of the molecule is CC(C)(C)NC(=O)c1n[nH]c2cc(O)c(O)cc2c1=O. The fourth-order valence-electron chi connectivity index (χ4n) is 1.71. The van der Waals surface area contributed by atoms with Crippen LogP contribution in [0.1, 0.15) is 31.3 Å². The Labute approximate surface area is 114 Å². The number of hydrogen-bond donors (Lipinski definition) is 4. The predicted molar refractivity (Wildman–Crippen MR) is 72.9 cm³/mol. The summed E-state index contributed by atoms with van der Waals surface area (Å²) < 4.78 is 0. The maximum atomic E-state index is 12.2. The molecular formula is C13H15N3O4. The van der Waals surface area contributed by atoms with Crippen LogP contribution < -0.4 is 10.7 Å². The summed E-state index contributed by atoms with van der Waals surface area (Å²) >= 11 is 0. The van der Waals surface area contributed by atoms with Crippen molar-refractivity contribution in [3.05, 3.63) is 28.0 Å². The number of carbonyl (C=O) groups is 1. The van der Waals surface area contributed by atoms with Crippen LogP contribution in [0.2, 0.25) is 0 Å². The number of aromatic amines is 1. The number of benzene rings is 1. The van der Waals surface area contributed by atoms with Gasteiger partial charge >= 0.3 is 0 Å². The van der Waals surface area contributed by atoms with Gasteiger partial charge in [0.25, 0.3) is 5.91 Å². The van der Waals surface area contributed by atoms with Gasteiger partial charge in [-0.3, -0.25) is 14.7 Å². The Balaban J connectivity index is 2.58. The van der Waals surface area contributed by atoms with Crippen LogP contribution in [0.25, 0.3) is 10.9 Å². The molecule has 1 amide bonds. The number of aromatic nitrogens is 2. The molecular weight excluding hydrogens is 262 g/mol. The van der Waals surface area contributed by atoms with Gasteiger partial charge < -0.3 is 15.5 Å². The first-order chi connectivity index (χ1) is 9.19. The molecule has 2 rings (SSSR count). The number of aromatic hydroxyl groups is 2. The summed E-state index contributed by atoms with van der Waals surface area (Å²) in [6.45, 7) is 5.35. The second-order valence-corrected chi connectivity index (χ2v) is 5.49. The molecule has 0 radical (unpaired) electrons. The Morgan fingerprint density at radius 2 is 1.85 bits per heavy atom. The Hall–Kier alpha value is -2.57. The molecule has 4 N–H and O–H groups in total. The Morgan fingerprint density at radius 1 is 1.25 bits per heavy atom. The Bertz CT molecular complexity index is 744. The highest BCUT2D eigenvalue weighted by Crippen LogP contribution is 2.27. The van der Waals surface area contributed by atoms with Crippen LogP contribution in [0.15, 0.2) is 16.9 Å². The number of carbonyl (C=O) groups excluding carboxylic acids is 1. The van der Waals surface area contributed by atoms with Crippen LogP contribution in [0.5, 0.6) is 11.5 Å². The van der Waals surface area contributed by atoms with E-state index in [0.29, 0.717) is 0 Å². The van der Waals surface area contributed by atoms with Crippen molar-refractivity contribution in [2.75, 3.05) is 0 Å². The molecule has 7 nitrogen and oxygen atoms in total. The number of hydrogen-bond acceptors (Lipinski definition) is 5. The van der Waals surface area contributed by atoms with Crippen LogP contribution in [-0.2, 0) is 0 Å². The van der Waals surface area contributed by atoms with Gasteiger partial charge in [-0.05, 0) is 26.8 Å². The first-order valence-electron chi connectivity index (χ1n) is 5.96. The van der Waals surface area contributed by atoms with Crippen LogP contribution in [0, 0.1) is 0 Å². The smallest absolute Gasteiger partial charge is 0.276 e. The van der Waals surface area contributed by atoms with Crippen molar-refractivity contribution in [3.8, 4) is 11.5 Å². The molecule has 0 saturated heterocycles. The highest BCUT2D eigenvalue weighted by molar-refractivity contribution is 5.96. The van der Waals surface area contributed by atoms with Gasteiger partial charge in [0, 0.05) is 11.6 Å². The largest absolute Gasteiger partial charge is 0.504 e. The third-order valence-corrected chi connectivity index (χ3v) is 2.57. The minimum atomic E-state index is -0.615. The van der Waals surface area contributed by atoms with E-state index in [1.165, 1.54) is 6.07 Å². The van der Waals surface area contributed by atoms with Gasteiger partial charge in [0.1, 0.15) is 0 Å². The second kappa shape index (κ2) is 4.52. The van der Waals surface area contributed by atoms with E-state index in [0.717, 1.165) is 6.07 Å². The molecule has 0 aliphatic rings. The predicted octanol–water partition coefficient (Wildman–Crippen LogP) is 0.863. The van der Waals surface area contributed by atoms with Gasteiger partial charge in [-0.1, -0.05) is 0 Å². The van der Waals surface area contributed by atoms with Crippen LogP contribution >= 0.6 is 0 Å². The number of phenolic OH excluding ortho intramolecular Hbond substituents is 2. The zero-order chi connectivity index (χ0) is 15.1. The standard InChI is InChI=1S/C13H15N3O4/c1-13(2,3)14-12(20)10-11(19)6-4-8(17)9(18)5-7(6)15-16-10/h4-5,17-18H,1-3H3,(H,14,20)(H,15,19). The van der Waals surface area contributed by atoms with Gasteiger partial charge in [0.2, 0.25) is 5.43 Å². The van der Waals surface area contributed by atoms with E-state index in [1.807, 2.05) is 0 Å². The minimum Gasteiger partial charge on any atom is -0.504 e. The van der Waals surface area contributed by atoms with Crippen molar-refractivity contribution in [3.63, 3.8) is 0 Å². The molecule has 0 atom stereocenters. The fourth-order valence-corrected chi connectivity index (χ4v) is 1.71. The second-order valence-electron chi connectivity index (χ2n) is 5.49. The van der Waals surface area contributed by atoms with E-state index in [9.17, 15) is 19.8 Å². The molecule has 1 aromatic carbocycles. The van der Waals surface area contributed by atoms with E-state index >= 15 is 0 Å². The zero-order valence-corrected chi connectivity index (χ0v) is 11.3. The van der Waals surface area contributed by atoms with Gasteiger partial charge in [0.15, 0.2) is 17.2 Å². The quantitative estimate of drug-likeness (QED) is 0.577. The number of nitrogens with zero attached hydrogens (tertiary/aromatic N) is 1. The third kappa shape index (κ3) is 2.56. The maximum absolute atomic E-state index is 12.2. The first kappa shape index (κ1) is 13.9. The summed E-state index contributed by atoms with van der Waals surface area (Å²) in [5.74, 6) is -1.41. The van der Waals surface area contributed by atoms with Gasteiger partial charge in [-0.25, -0.2) is 0 Å². The summed E-state index contributed by atoms with van der Waals surface area (Å²) in [5, 5.41) is 27.7. The summed E-state index contributed by atoms with van der Waals surface area (Å²) in [7, 11) is 0.